The Labute approximate surface area is 126 Å². The fourth-order valence-corrected chi connectivity index (χ4v) is 3.92. The fourth-order valence-electron chi connectivity index (χ4n) is 3.03. The molecule has 1 aromatic carbocycles. The van der Waals surface area contributed by atoms with Gasteiger partial charge >= 0.3 is 0 Å². The van der Waals surface area contributed by atoms with Crippen molar-refractivity contribution >= 4 is 22.0 Å². The molecule has 0 bridgehead atoms. The quantitative estimate of drug-likeness (QED) is 0.736. The van der Waals surface area contributed by atoms with Crippen LogP contribution in [0.2, 0.25) is 0 Å². The topological polar surface area (TPSA) is 69.1 Å². The molecule has 1 saturated carbocycles. The molecule has 2 aromatic heterocycles. The first-order valence-electron chi connectivity index (χ1n) is 7.31. The maximum atomic E-state index is 6.09. The molecule has 0 radical (unpaired) electrons. The van der Waals surface area contributed by atoms with Crippen molar-refractivity contribution in [2.45, 2.75) is 38.5 Å². The van der Waals surface area contributed by atoms with Crippen LogP contribution in [-0.4, -0.2) is 19.8 Å². The first-order chi connectivity index (χ1) is 10.2. The number of rotatable bonds is 2. The van der Waals surface area contributed by atoms with E-state index < -0.39 is 0 Å². The van der Waals surface area contributed by atoms with Crippen molar-refractivity contribution in [2.75, 3.05) is 5.73 Å². The molecular formula is C15H17N5S. The number of nitrogens with zero attached hydrogens (tertiary/aromatic N) is 4. The standard InChI is InChI=1S/C15H17N5S/c1-9-6-7-12(16)11(8-9)14-19-20-13(10-4-2-3-5-10)17-18-15(20)21-14/h6-8,10H,2-5,16H2,1H3. The molecule has 0 saturated heterocycles. The van der Waals surface area contributed by atoms with Gasteiger partial charge in [0.25, 0.3) is 0 Å². The van der Waals surface area contributed by atoms with Crippen LogP contribution in [-0.2, 0) is 0 Å². The normalized spacial score (nSPS) is 16.0. The van der Waals surface area contributed by atoms with Gasteiger partial charge in [-0.05, 0) is 31.9 Å². The highest BCUT2D eigenvalue weighted by Gasteiger charge is 2.24. The molecule has 0 unspecified atom stereocenters. The summed E-state index contributed by atoms with van der Waals surface area (Å²) in [7, 11) is 0. The van der Waals surface area contributed by atoms with Crippen molar-refractivity contribution in [3.05, 3.63) is 29.6 Å². The van der Waals surface area contributed by atoms with Crippen LogP contribution in [0.1, 0.15) is 43.0 Å². The minimum Gasteiger partial charge on any atom is -0.398 e. The Kier molecular flexibility index (Phi) is 2.92. The maximum Gasteiger partial charge on any atom is 0.234 e. The van der Waals surface area contributed by atoms with Gasteiger partial charge in [0.2, 0.25) is 4.96 Å². The maximum absolute atomic E-state index is 6.09. The van der Waals surface area contributed by atoms with E-state index in [0.717, 1.165) is 27.0 Å². The fraction of sp³-hybridized carbons (Fsp3) is 0.400. The van der Waals surface area contributed by atoms with E-state index in [-0.39, 0.29) is 0 Å². The van der Waals surface area contributed by atoms with Gasteiger partial charge in [-0.25, -0.2) is 0 Å². The van der Waals surface area contributed by atoms with E-state index in [9.17, 15) is 0 Å². The Hall–Kier alpha value is -1.95. The van der Waals surface area contributed by atoms with Crippen LogP contribution < -0.4 is 5.73 Å². The molecule has 108 valence electrons. The molecule has 1 aliphatic carbocycles. The number of nitrogen functional groups attached to an aromatic ring is 1. The van der Waals surface area contributed by atoms with Crippen molar-refractivity contribution in [1.29, 1.82) is 0 Å². The lowest BCUT2D eigenvalue weighted by molar-refractivity contribution is 0.641. The van der Waals surface area contributed by atoms with E-state index in [1.54, 1.807) is 11.3 Å². The van der Waals surface area contributed by atoms with E-state index in [0.29, 0.717) is 5.92 Å². The third kappa shape index (κ3) is 2.10. The van der Waals surface area contributed by atoms with Gasteiger partial charge in [-0.15, -0.1) is 10.2 Å². The van der Waals surface area contributed by atoms with Crippen LogP contribution in [0.3, 0.4) is 0 Å². The van der Waals surface area contributed by atoms with Crippen molar-refractivity contribution in [2.24, 2.45) is 0 Å². The van der Waals surface area contributed by atoms with E-state index in [4.69, 9.17) is 10.8 Å². The Morgan fingerprint density at radius 3 is 2.86 bits per heavy atom. The van der Waals surface area contributed by atoms with Crippen molar-refractivity contribution in [3.8, 4) is 10.6 Å². The van der Waals surface area contributed by atoms with Gasteiger partial charge in [0.15, 0.2) is 5.82 Å². The number of hydrogen-bond acceptors (Lipinski definition) is 5. The first kappa shape index (κ1) is 12.8. The van der Waals surface area contributed by atoms with Gasteiger partial charge in [0.1, 0.15) is 5.01 Å². The molecule has 2 heterocycles. The summed E-state index contributed by atoms with van der Waals surface area (Å²) in [5.41, 5.74) is 9.02. The molecule has 3 aromatic rings. The molecule has 0 atom stereocenters. The van der Waals surface area contributed by atoms with E-state index in [2.05, 4.69) is 23.2 Å². The average molecular weight is 299 g/mol. The van der Waals surface area contributed by atoms with Gasteiger partial charge in [0.05, 0.1) is 0 Å². The minimum absolute atomic E-state index is 0.504. The minimum atomic E-state index is 0.504. The van der Waals surface area contributed by atoms with Crippen molar-refractivity contribution < 1.29 is 0 Å². The number of aromatic nitrogens is 4. The van der Waals surface area contributed by atoms with Crippen LogP contribution >= 0.6 is 11.3 Å². The Morgan fingerprint density at radius 2 is 2.05 bits per heavy atom. The second kappa shape index (κ2) is 4.80. The number of hydrogen-bond donors (Lipinski definition) is 1. The molecule has 4 rings (SSSR count). The number of fused-ring (bicyclic) bond motifs is 1. The highest BCUT2D eigenvalue weighted by molar-refractivity contribution is 7.19. The van der Waals surface area contributed by atoms with Gasteiger partial charge < -0.3 is 5.73 Å². The second-order valence-electron chi connectivity index (χ2n) is 5.73. The highest BCUT2D eigenvalue weighted by Crippen LogP contribution is 2.35. The summed E-state index contributed by atoms with van der Waals surface area (Å²) in [4.78, 5) is 0.854. The summed E-state index contributed by atoms with van der Waals surface area (Å²) in [6, 6.07) is 6.03. The molecule has 0 aliphatic heterocycles. The molecule has 6 heteroatoms. The number of anilines is 1. The lowest BCUT2D eigenvalue weighted by atomic mass is 10.1. The van der Waals surface area contributed by atoms with Gasteiger partial charge in [0, 0.05) is 17.2 Å². The Morgan fingerprint density at radius 1 is 1.24 bits per heavy atom. The predicted octanol–water partition coefficient (Wildman–Crippen LogP) is 3.40. The van der Waals surface area contributed by atoms with E-state index in [1.807, 2.05) is 16.6 Å². The summed E-state index contributed by atoms with van der Waals surface area (Å²) >= 11 is 1.55. The van der Waals surface area contributed by atoms with Crippen molar-refractivity contribution in [3.63, 3.8) is 0 Å². The summed E-state index contributed by atoms with van der Waals surface area (Å²) in [6.45, 7) is 2.06. The van der Waals surface area contributed by atoms with Gasteiger partial charge in [-0.2, -0.15) is 9.61 Å². The zero-order valence-corrected chi connectivity index (χ0v) is 12.7. The largest absolute Gasteiger partial charge is 0.398 e. The van der Waals surface area contributed by atoms with Crippen LogP contribution in [0.15, 0.2) is 18.2 Å². The number of benzene rings is 1. The van der Waals surface area contributed by atoms with E-state index in [1.165, 1.54) is 31.2 Å². The van der Waals surface area contributed by atoms with Crippen molar-refractivity contribution in [1.82, 2.24) is 19.8 Å². The van der Waals surface area contributed by atoms with Gasteiger partial charge in [-0.3, -0.25) is 0 Å². The van der Waals surface area contributed by atoms with Crippen LogP contribution in [0, 0.1) is 6.92 Å². The molecule has 0 amide bonds. The van der Waals surface area contributed by atoms with Crippen LogP contribution in [0.4, 0.5) is 5.69 Å². The molecule has 1 fully saturated rings. The predicted molar refractivity (Wildman–Crippen MR) is 84.5 cm³/mol. The summed E-state index contributed by atoms with van der Waals surface area (Å²) in [5, 5.41) is 14.3. The summed E-state index contributed by atoms with van der Waals surface area (Å²) in [6.07, 6.45) is 4.95. The molecule has 5 nitrogen and oxygen atoms in total. The average Bonchev–Trinajstić information content (AvgIpc) is 3.15. The lowest BCUT2D eigenvalue weighted by Crippen LogP contribution is -2.01. The van der Waals surface area contributed by atoms with Gasteiger partial charge in [-0.1, -0.05) is 35.8 Å². The molecular weight excluding hydrogens is 282 g/mol. The lowest BCUT2D eigenvalue weighted by Gasteiger charge is -2.04. The number of aryl methyl sites for hydroxylation is 1. The molecule has 2 N–H and O–H groups in total. The summed E-state index contributed by atoms with van der Waals surface area (Å²) in [5.74, 6) is 1.51. The molecule has 0 spiro atoms. The third-order valence-electron chi connectivity index (χ3n) is 4.17. The molecule has 21 heavy (non-hydrogen) atoms. The first-order valence-corrected chi connectivity index (χ1v) is 8.12. The van der Waals surface area contributed by atoms with Crippen LogP contribution in [0.25, 0.3) is 15.5 Å². The zero-order valence-electron chi connectivity index (χ0n) is 11.9. The Balaban J connectivity index is 1.82. The highest BCUT2D eigenvalue weighted by atomic mass is 32.1. The van der Waals surface area contributed by atoms with E-state index >= 15 is 0 Å². The van der Waals surface area contributed by atoms with Crippen LogP contribution in [0.5, 0.6) is 0 Å². The zero-order chi connectivity index (χ0) is 14.4. The SMILES string of the molecule is Cc1ccc(N)c(-c2nn3c(C4CCCC4)nnc3s2)c1. The number of nitrogens with two attached hydrogens (primary N) is 1. The smallest absolute Gasteiger partial charge is 0.234 e. The third-order valence-corrected chi connectivity index (χ3v) is 5.11. The second-order valence-corrected chi connectivity index (χ2v) is 6.69. The molecule has 1 aliphatic rings. The monoisotopic (exact) mass is 299 g/mol. The summed E-state index contributed by atoms with van der Waals surface area (Å²) < 4.78 is 1.91. The Bertz CT molecular complexity index is 798.